The Kier molecular flexibility index (Phi) is 11.7. The lowest BCUT2D eigenvalue weighted by atomic mass is 9.93. The minimum atomic E-state index is -0.194. The molecule has 0 fully saturated rings. The maximum absolute atomic E-state index is 11.9. The van der Waals surface area contributed by atoms with Gasteiger partial charge in [-0.05, 0) is 12.0 Å². The molecular weight excluding hydrogens is 308 g/mol. The Balaban J connectivity index is 0. The van der Waals surface area contributed by atoms with Crippen molar-refractivity contribution in [2.45, 2.75) is 33.6 Å². The van der Waals surface area contributed by atoms with Gasteiger partial charge in [-0.1, -0.05) is 13.8 Å². The standard InChI is InChI=1S/C14H28N4O3.ClH/c1-11(19)16-7-8-17-12(20)5-6-13(21)18(4)10-14(2,3)9-15;/h5-10,15H2,1-4H3,(H,16,19)(H,17,20);1H. The number of nitrogens with zero attached hydrogens (tertiary/aromatic N) is 1. The fraction of sp³-hybridized carbons (Fsp3) is 0.786. The minimum Gasteiger partial charge on any atom is -0.355 e. The number of hydrogen-bond acceptors (Lipinski definition) is 4. The van der Waals surface area contributed by atoms with Crippen molar-refractivity contribution in [2.75, 3.05) is 33.2 Å². The number of carbonyl (C=O) groups excluding carboxylic acids is 3. The van der Waals surface area contributed by atoms with Crippen molar-refractivity contribution in [1.29, 1.82) is 0 Å². The molecule has 0 saturated carbocycles. The van der Waals surface area contributed by atoms with E-state index in [9.17, 15) is 14.4 Å². The minimum absolute atomic E-state index is 0. The van der Waals surface area contributed by atoms with E-state index in [4.69, 9.17) is 5.73 Å². The molecule has 0 bridgehead atoms. The van der Waals surface area contributed by atoms with Crippen molar-refractivity contribution in [2.24, 2.45) is 11.1 Å². The van der Waals surface area contributed by atoms with Crippen molar-refractivity contribution in [1.82, 2.24) is 15.5 Å². The predicted molar refractivity (Wildman–Crippen MR) is 88.6 cm³/mol. The lowest BCUT2D eigenvalue weighted by molar-refractivity contribution is -0.133. The number of nitrogens with one attached hydrogen (secondary N) is 2. The highest BCUT2D eigenvalue weighted by Crippen LogP contribution is 2.14. The van der Waals surface area contributed by atoms with Crippen LogP contribution in [0.2, 0.25) is 0 Å². The molecule has 7 nitrogen and oxygen atoms in total. The van der Waals surface area contributed by atoms with Gasteiger partial charge in [0, 0.05) is 46.4 Å². The van der Waals surface area contributed by atoms with Crippen LogP contribution in [-0.2, 0) is 14.4 Å². The van der Waals surface area contributed by atoms with Crippen LogP contribution in [0.4, 0.5) is 0 Å². The second-order valence-corrected chi connectivity index (χ2v) is 5.95. The average Bonchev–Trinajstić information content (AvgIpc) is 2.40. The van der Waals surface area contributed by atoms with Crippen molar-refractivity contribution in [3.05, 3.63) is 0 Å². The Labute approximate surface area is 138 Å². The highest BCUT2D eigenvalue weighted by Gasteiger charge is 2.21. The highest BCUT2D eigenvalue weighted by atomic mass is 35.5. The lowest BCUT2D eigenvalue weighted by Gasteiger charge is -2.29. The Hall–Kier alpha value is -1.34. The van der Waals surface area contributed by atoms with Gasteiger partial charge in [-0.25, -0.2) is 0 Å². The van der Waals surface area contributed by atoms with E-state index >= 15 is 0 Å². The van der Waals surface area contributed by atoms with Crippen molar-refractivity contribution in [3.8, 4) is 0 Å². The third kappa shape index (κ3) is 11.3. The van der Waals surface area contributed by atoms with E-state index in [2.05, 4.69) is 10.6 Å². The SMILES string of the molecule is CC(=O)NCCNC(=O)CCC(=O)N(C)CC(C)(C)CN.Cl. The van der Waals surface area contributed by atoms with Gasteiger partial charge < -0.3 is 21.3 Å². The quantitative estimate of drug-likeness (QED) is 0.511. The Morgan fingerprint density at radius 2 is 1.64 bits per heavy atom. The van der Waals surface area contributed by atoms with E-state index in [1.54, 1.807) is 11.9 Å². The first kappa shape index (κ1) is 22.9. The van der Waals surface area contributed by atoms with Crippen LogP contribution in [0.1, 0.15) is 33.6 Å². The zero-order chi connectivity index (χ0) is 16.5. The van der Waals surface area contributed by atoms with Gasteiger partial charge in [0.1, 0.15) is 0 Å². The fourth-order valence-electron chi connectivity index (χ4n) is 1.73. The summed E-state index contributed by atoms with van der Waals surface area (Å²) in [4.78, 5) is 35.7. The molecule has 0 rings (SSSR count). The molecule has 8 heteroatoms. The molecule has 3 amide bonds. The fourth-order valence-corrected chi connectivity index (χ4v) is 1.73. The molecule has 0 unspecified atom stereocenters. The molecule has 0 aliphatic heterocycles. The summed E-state index contributed by atoms with van der Waals surface area (Å²) in [6, 6.07) is 0. The van der Waals surface area contributed by atoms with Crippen LogP contribution in [0, 0.1) is 5.41 Å². The number of hydrogen-bond donors (Lipinski definition) is 3. The first-order valence-corrected chi connectivity index (χ1v) is 7.13. The number of nitrogens with two attached hydrogens (primary N) is 1. The molecule has 0 radical (unpaired) electrons. The topological polar surface area (TPSA) is 105 Å². The summed E-state index contributed by atoms with van der Waals surface area (Å²) in [6.07, 6.45) is 0.315. The smallest absolute Gasteiger partial charge is 0.222 e. The first-order valence-electron chi connectivity index (χ1n) is 7.13. The first-order chi connectivity index (χ1) is 9.68. The molecule has 0 spiro atoms. The van der Waals surface area contributed by atoms with Gasteiger partial charge in [-0.3, -0.25) is 14.4 Å². The summed E-state index contributed by atoms with van der Waals surface area (Å²) in [5.74, 6) is -0.405. The molecular formula is C14H29ClN4O3. The number of amides is 3. The molecule has 0 aliphatic carbocycles. The highest BCUT2D eigenvalue weighted by molar-refractivity contribution is 5.85. The monoisotopic (exact) mass is 336 g/mol. The van der Waals surface area contributed by atoms with Crippen molar-refractivity contribution < 1.29 is 14.4 Å². The van der Waals surface area contributed by atoms with E-state index in [0.717, 1.165) is 0 Å². The average molecular weight is 337 g/mol. The second-order valence-electron chi connectivity index (χ2n) is 5.95. The van der Waals surface area contributed by atoms with E-state index in [0.29, 0.717) is 26.2 Å². The molecule has 0 aromatic heterocycles. The Bertz CT molecular complexity index is 375. The lowest BCUT2D eigenvalue weighted by Crippen LogP contribution is -2.40. The van der Waals surface area contributed by atoms with Crippen molar-refractivity contribution >= 4 is 30.1 Å². The third-order valence-electron chi connectivity index (χ3n) is 3.03. The number of rotatable bonds is 9. The van der Waals surface area contributed by atoms with Crippen LogP contribution in [-0.4, -0.2) is 55.8 Å². The van der Waals surface area contributed by atoms with Crippen molar-refractivity contribution in [3.63, 3.8) is 0 Å². The molecule has 0 aromatic carbocycles. The Morgan fingerprint density at radius 3 is 2.14 bits per heavy atom. The van der Waals surface area contributed by atoms with Crippen LogP contribution in [0.15, 0.2) is 0 Å². The molecule has 0 aromatic rings. The summed E-state index contributed by atoms with van der Waals surface area (Å²) in [5, 5.41) is 5.22. The molecule has 0 saturated heterocycles. The molecule has 130 valence electrons. The molecule has 22 heavy (non-hydrogen) atoms. The second kappa shape index (κ2) is 11.3. The largest absolute Gasteiger partial charge is 0.355 e. The normalized spacial score (nSPS) is 10.4. The summed E-state index contributed by atoms with van der Waals surface area (Å²) in [6.45, 7) is 7.21. The summed E-state index contributed by atoms with van der Waals surface area (Å²) >= 11 is 0. The summed E-state index contributed by atoms with van der Waals surface area (Å²) in [7, 11) is 1.72. The predicted octanol–water partition coefficient (Wildman–Crippen LogP) is -0.116. The van der Waals surface area contributed by atoms with E-state index in [-0.39, 0.29) is 48.4 Å². The zero-order valence-electron chi connectivity index (χ0n) is 13.9. The van der Waals surface area contributed by atoms with Gasteiger partial charge in [0.15, 0.2) is 0 Å². The van der Waals surface area contributed by atoms with E-state index in [1.807, 2.05) is 13.8 Å². The van der Waals surface area contributed by atoms with Crippen LogP contribution in [0.3, 0.4) is 0 Å². The summed E-state index contributed by atoms with van der Waals surface area (Å²) < 4.78 is 0. The molecule has 4 N–H and O–H groups in total. The zero-order valence-corrected chi connectivity index (χ0v) is 14.7. The van der Waals surface area contributed by atoms with Crippen LogP contribution in [0.25, 0.3) is 0 Å². The van der Waals surface area contributed by atoms with Gasteiger partial charge in [-0.2, -0.15) is 0 Å². The van der Waals surface area contributed by atoms with Crippen LogP contribution in [0.5, 0.6) is 0 Å². The number of carbonyl (C=O) groups is 3. The van der Waals surface area contributed by atoms with E-state index < -0.39 is 0 Å². The Morgan fingerprint density at radius 1 is 1.09 bits per heavy atom. The maximum Gasteiger partial charge on any atom is 0.222 e. The van der Waals surface area contributed by atoms with Crippen LogP contribution >= 0.6 is 12.4 Å². The van der Waals surface area contributed by atoms with Gasteiger partial charge in [0.25, 0.3) is 0 Å². The van der Waals surface area contributed by atoms with Crippen LogP contribution < -0.4 is 16.4 Å². The maximum atomic E-state index is 11.9. The molecule has 0 heterocycles. The summed E-state index contributed by atoms with van der Waals surface area (Å²) in [5.41, 5.74) is 5.50. The third-order valence-corrected chi connectivity index (χ3v) is 3.03. The van der Waals surface area contributed by atoms with E-state index in [1.165, 1.54) is 6.92 Å². The molecule has 0 atom stereocenters. The van der Waals surface area contributed by atoms with Gasteiger partial charge >= 0.3 is 0 Å². The van der Waals surface area contributed by atoms with Gasteiger partial charge in [-0.15, -0.1) is 12.4 Å². The molecule has 0 aliphatic rings. The van der Waals surface area contributed by atoms with Gasteiger partial charge in [0.05, 0.1) is 0 Å². The van der Waals surface area contributed by atoms with Gasteiger partial charge in [0.2, 0.25) is 17.7 Å². The number of halogens is 1.